The first-order chi connectivity index (χ1) is 13.6. The molecule has 0 radical (unpaired) electrons. The van der Waals surface area contributed by atoms with Gasteiger partial charge in [-0.25, -0.2) is 9.78 Å². The molecule has 2 fully saturated rings. The van der Waals surface area contributed by atoms with Gasteiger partial charge in [-0.2, -0.15) is 0 Å². The Balaban J connectivity index is 1.76. The van der Waals surface area contributed by atoms with Crippen molar-refractivity contribution in [2.75, 3.05) is 30.3 Å². The molecule has 1 amide bonds. The largest absolute Gasteiger partial charge is 0.479 e. The van der Waals surface area contributed by atoms with Crippen molar-refractivity contribution in [3.63, 3.8) is 0 Å². The molecule has 0 bridgehead atoms. The summed E-state index contributed by atoms with van der Waals surface area (Å²) in [7, 11) is 0. The quantitative estimate of drug-likeness (QED) is 0.672. The van der Waals surface area contributed by atoms with Crippen LogP contribution in [-0.4, -0.2) is 59.6 Å². The summed E-state index contributed by atoms with van der Waals surface area (Å²) in [4.78, 5) is 30.7. The van der Waals surface area contributed by atoms with Gasteiger partial charge in [0.05, 0.1) is 18.7 Å². The summed E-state index contributed by atoms with van der Waals surface area (Å²) < 4.78 is 5.29. The van der Waals surface area contributed by atoms with Crippen molar-refractivity contribution >= 4 is 29.5 Å². The lowest BCUT2D eigenvalue weighted by Gasteiger charge is -2.32. The third kappa shape index (κ3) is 5.38. The van der Waals surface area contributed by atoms with E-state index in [2.05, 4.69) is 12.2 Å². The molecule has 3 rings (SSSR count). The highest BCUT2D eigenvalue weighted by atomic mass is 32.2. The smallest absolute Gasteiger partial charge is 0.334 e. The van der Waals surface area contributed by atoms with Crippen LogP contribution < -0.4 is 10.2 Å². The molecule has 8 heteroatoms. The first-order valence-corrected chi connectivity index (χ1v) is 11.1. The minimum Gasteiger partial charge on any atom is -0.479 e. The van der Waals surface area contributed by atoms with Crippen LogP contribution in [0.4, 0.5) is 5.82 Å². The molecule has 1 atom stereocenters. The number of pyridine rings is 1. The molecule has 1 unspecified atom stereocenters. The van der Waals surface area contributed by atoms with E-state index in [1.165, 1.54) is 19.3 Å². The normalized spacial score (nSPS) is 20.8. The Bertz CT molecular complexity index is 694. The molecule has 1 aromatic heterocycles. The van der Waals surface area contributed by atoms with Gasteiger partial charge < -0.3 is 20.1 Å². The molecule has 1 aliphatic heterocycles. The number of rotatable bonds is 7. The first-order valence-electron chi connectivity index (χ1n) is 10.1. The number of carboxylic acid groups (broad SMARTS) is 1. The standard InChI is InChI=1S/C20H29N3O4S/c1-2-12-28-19-15(18(24)21-14-6-4-3-5-7-14)8-9-17(22-19)23-10-11-27-16(13-23)20(25)26/h8-9,14,16H,2-7,10-13H2,1H3,(H,21,24)(H,25,26). The Morgan fingerprint density at radius 1 is 1.32 bits per heavy atom. The second kappa shape index (κ2) is 10.1. The Morgan fingerprint density at radius 3 is 2.82 bits per heavy atom. The number of morpholine rings is 1. The van der Waals surface area contributed by atoms with Gasteiger partial charge in [-0.3, -0.25) is 4.79 Å². The van der Waals surface area contributed by atoms with Crippen LogP contribution in [0.3, 0.4) is 0 Å². The maximum absolute atomic E-state index is 12.9. The van der Waals surface area contributed by atoms with Gasteiger partial charge in [0.25, 0.3) is 5.91 Å². The molecule has 154 valence electrons. The van der Waals surface area contributed by atoms with Gasteiger partial charge in [0, 0.05) is 12.6 Å². The van der Waals surface area contributed by atoms with Crippen molar-refractivity contribution in [2.45, 2.75) is 62.6 Å². The zero-order chi connectivity index (χ0) is 19.9. The number of nitrogens with zero attached hydrogens (tertiary/aromatic N) is 2. The maximum atomic E-state index is 12.9. The lowest BCUT2D eigenvalue weighted by Crippen LogP contribution is -2.46. The summed E-state index contributed by atoms with van der Waals surface area (Å²) in [6.07, 6.45) is 5.80. The SMILES string of the molecule is CCCSc1nc(N2CCOC(C(=O)O)C2)ccc1C(=O)NC1CCCCC1. The first kappa shape index (κ1) is 20.9. The minimum atomic E-state index is -0.964. The molecule has 28 heavy (non-hydrogen) atoms. The van der Waals surface area contributed by atoms with E-state index < -0.39 is 12.1 Å². The van der Waals surface area contributed by atoms with Crippen LogP contribution in [0.2, 0.25) is 0 Å². The van der Waals surface area contributed by atoms with E-state index in [1.54, 1.807) is 11.8 Å². The van der Waals surface area contributed by atoms with Crippen LogP contribution in [0.15, 0.2) is 17.2 Å². The number of aliphatic carboxylic acids is 1. The average molecular weight is 408 g/mol. The summed E-state index contributed by atoms with van der Waals surface area (Å²) in [6, 6.07) is 3.89. The number of hydrogen-bond acceptors (Lipinski definition) is 6. The number of carbonyl (C=O) groups is 2. The second-order valence-electron chi connectivity index (χ2n) is 7.32. The summed E-state index contributed by atoms with van der Waals surface area (Å²) in [6.45, 7) is 3.29. The van der Waals surface area contributed by atoms with E-state index in [9.17, 15) is 14.7 Å². The molecule has 2 heterocycles. The molecule has 1 saturated heterocycles. The zero-order valence-electron chi connectivity index (χ0n) is 16.4. The van der Waals surface area contributed by atoms with Crippen LogP contribution in [0, 0.1) is 0 Å². The third-order valence-corrected chi connectivity index (χ3v) is 6.34. The second-order valence-corrected chi connectivity index (χ2v) is 8.41. The molecule has 1 aliphatic carbocycles. The van der Waals surface area contributed by atoms with Crippen molar-refractivity contribution in [3.05, 3.63) is 17.7 Å². The van der Waals surface area contributed by atoms with Crippen LogP contribution in [0.5, 0.6) is 0 Å². The Kier molecular flexibility index (Phi) is 7.56. The highest BCUT2D eigenvalue weighted by Gasteiger charge is 2.28. The number of amides is 1. The molecular formula is C20H29N3O4S. The van der Waals surface area contributed by atoms with E-state index in [4.69, 9.17) is 9.72 Å². The highest BCUT2D eigenvalue weighted by Crippen LogP contribution is 2.27. The molecule has 1 aromatic rings. The molecule has 2 N–H and O–H groups in total. The van der Waals surface area contributed by atoms with E-state index in [-0.39, 0.29) is 18.5 Å². The van der Waals surface area contributed by atoms with Crippen molar-refractivity contribution in [3.8, 4) is 0 Å². The zero-order valence-corrected chi connectivity index (χ0v) is 17.2. The maximum Gasteiger partial charge on any atom is 0.334 e. The fraction of sp³-hybridized carbons (Fsp3) is 0.650. The van der Waals surface area contributed by atoms with Crippen molar-refractivity contribution in [1.82, 2.24) is 10.3 Å². The lowest BCUT2D eigenvalue weighted by molar-refractivity contribution is -0.150. The number of hydrogen-bond donors (Lipinski definition) is 2. The van der Waals surface area contributed by atoms with E-state index in [0.29, 0.717) is 29.6 Å². The summed E-state index contributed by atoms with van der Waals surface area (Å²) in [5.41, 5.74) is 0.607. The van der Waals surface area contributed by atoms with Gasteiger partial charge in [0.15, 0.2) is 6.10 Å². The molecule has 0 spiro atoms. The van der Waals surface area contributed by atoms with Crippen molar-refractivity contribution in [2.24, 2.45) is 0 Å². The van der Waals surface area contributed by atoms with Gasteiger partial charge in [0.1, 0.15) is 10.8 Å². The monoisotopic (exact) mass is 407 g/mol. The number of aromatic nitrogens is 1. The molecule has 0 aromatic carbocycles. The van der Waals surface area contributed by atoms with Gasteiger partial charge >= 0.3 is 5.97 Å². The number of thioether (sulfide) groups is 1. The van der Waals surface area contributed by atoms with Crippen LogP contribution >= 0.6 is 11.8 Å². The van der Waals surface area contributed by atoms with Gasteiger partial charge in [-0.15, -0.1) is 11.8 Å². The Labute approximate surface area is 170 Å². The molecule has 1 saturated carbocycles. The Morgan fingerprint density at radius 2 is 2.11 bits per heavy atom. The van der Waals surface area contributed by atoms with Crippen molar-refractivity contribution in [1.29, 1.82) is 0 Å². The van der Waals surface area contributed by atoms with Gasteiger partial charge in [-0.1, -0.05) is 26.2 Å². The molecule has 2 aliphatic rings. The summed E-state index contributed by atoms with van der Waals surface area (Å²) in [5, 5.41) is 13.1. The number of ether oxygens (including phenoxy) is 1. The van der Waals surface area contributed by atoms with E-state index >= 15 is 0 Å². The predicted molar refractivity (Wildman–Crippen MR) is 109 cm³/mol. The number of nitrogens with one attached hydrogen (secondary N) is 1. The predicted octanol–water partition coefficient (Wildman–Crippen LogP) is 2.94. The number of carbonyl (C=O) groups excluding carboxylic acids is 1. The molecule has 7 nitrogen and oxygen atoms in total. The topological polar surface area (TPSA) is 91.8 Å². The lowest BCUT2D eigenvalue weighted by atomic mass is 9.95. The Hall–Kier alpha value is -1.80. The van der Waals surface area contributed by atoms with Crippen molar-refractivity contribution < 1.29 is 19.4 Å². The average Bonchev–Trinajstić information content (AvgIpc) is 2.72. The number of carboxylic acids is 1. The minimum absolute atomic E-state index is 0.0602. The van der Waals surface area contributed by atoms with E-state index in [1.807, 2.05) is 17.0 Å². The van der Waals surface area contributed by atoms with Crippen LogP contribution in [-0.2, 0) is 9.53 Å². The molecular weight excluding hydrogens is 378 g/mol. The fourth-order valence-corrected chi connectivity index (χ4v) is 4.48. The summed E-state index contributed by atoms with van der Waals surface area (Å²) in [5.74, 6) is 0.548. The van der Waals surface area contributed by atoms with Crippen LogP contribution in [0.25, 0.3) is 0 Å². The fourth-order valence-electron chi connectivity index (χ4n) is 3.61. The van der Waals surface area contributed by atoms with Crippen LogP contribution in [0.1, 0.15) is 55.8 Å². The number of anilines is 1. The van der Waals surface area contributed by atoms with Gasteiger partial charge in [-0.05, 0) is 37.1 Å². The highest BCUT2D eigenvalue weighted by molar-refractivity contribution is 7.99. The third-order valence-electron chi connectivity index (χ3n) is 5.14. The summed E-state index contributed by atoms with van der Waals surface area (Å²) >= 11 is 1.58. The van der Waals surface area contributed by atoms with E-state index in [0.717, 1.165) is 25.0 Å². The van der Waals surface area contributed by atoms with Gasteiger partial charge in [0.2, 0.25) is 0 Å².